The fraction of sp³-hybridized carbons (Fsp3) is 0.619. The van der Waals surface area contributed by atoms with Crippen LogP contribution in [0.4, 0.5) is 0 Å². The van der Waals surface area contributed by atoms with Gasteiger partial charge in [-0.3, -0.25) is 9.79 Å². The average Bonchev–Trinajstić information content (AvgIpc) is 3.17. The van der Waals surface area contributed by atoms with Crippen LogP contribution in [0.15, 0.2) is 40.2 Å². The summed E-state index contributed by atoms with van der Waals surface area (Å²) in [5, 5.41) is 3.64. The van der Waals surface area contributed by atoms with E-state index in [4.69, 9.17) is 4.74 Å². The molecule has 3 rings (SSSR count). The van der Waals surface area contributed by atoms with Crippen LogP contribution in [0, 0.1) is 5.92 Å². The Morgan fingerprint density at radius 2 is 1.93 bits per heavy atom. The molecule has 1 heterocycles. The molecule has 0 radical (unpaired) electrons. The van der Waals surface area contributed by atoms with Crippen LogP contribution in [0.5, 0.6) is 0 Å². The van der Waals surface area contributed by atoms with Crippen LogP contribution in [-0.4, -0.2) is 55.4 Å². The molecule has 2 fully saturated rings. The predicted octanol–water partition coefficient (Wildman–Crippen LogP) is 3.55. The number of nitrogens with one attached hydrogen (secondary N) is 1. The smallest absolute Gasteiger partial charge is 0.308 e. The van der Waals surface area contributed by atoms with Gasteiger partial charge in [0.25, 0.3) is 0 Å². The topological polar surface area (TPSA) is 53.9 Å². The minimum Gasteiger partial charge on any atom is -0.469 e. The molecule has 0 aromatic heterocycles. The van der Waals surface area contributed by atoms with Crippen molar-refractivity contribution in [3.63, 3.8) is 0 Å². The van der Waals surface area contributed by atoms with Gasteiger partial charge in [-0.2, -0.15) is 0 Å². The van der Waals surface area contributed by atoms with Crippen molar-refractivity contribution in [2.75, 3.05) is 33.8 Å². The lowest BCUT2D eigenvalue weighted by atomic mass is 9.97. The van der Waals surface area contributed by atoms with E-state index in [2.05, 4.69) is 45.5 Å². The zero-order valence-corrected chi connectivity index (χ0v) is 17.3. The Bertz CT molecular complexity index is 636. The Hall–Kier alpha value is -1.69. The van der Waals surface area contributed by atoms with E-state index in [1.165, 1.54) is 37.7 Å². The number of hydrogen-bond acceptors (Lipinski definition) is 4. The van der Waals surface area contributed by atoms with E-state index < -0.39 is 0 Å². The Labute approximate surface area is 166 Å². The van der Waals surface area contributed by atoms with Crippen LogP contribution in [0.3, 0.4) is 0 Å². The summed E-state index contributed by atoms with van der Waals surface area (Å²) in [6.45, 7) is 2.62. The number of rotatable bonds is 5. The van der Waals surface area contributed by atoms with Crippen LogP contribution in [0.2, 0.25) is 0 Å². The van der Waals surface area contributed by atoms with E-state index in [9.17, 15) is 4.79 Å². The van der Waals surface area contributed by atoms with E-state index in [0.717, 1.165) is 38.4 Å². The van der Waals surface area contributed by atoms with Crippen molar-refractivity contribution in [3.05, 3.63) is 30.3 Å². The van der Waals surface area contributed by atoms with Crippen LogP contribution >= 0.6 is 11.8 Å². The van der Waals surface area contributed by atoms with Gasteiger partial charge < -0.3 is 15.0 Å². The van der Waals surface area contributed by atoms with Crippen LogP contribution in [0.1, 0.15) is 38.5 Å². The molecular formula is C21H31N3O2S. The van der Waals surface area contributed by atoms with E-state index in [0.29, 0.717) is 0 Å². The number of esters is 1. The van der Waals surface area contributed by atoms with E-state index >= 15 is 0 Å². The van der Waals surface area contributed by atoms with Gasteiger partial charge in [-0.25, -0.2) is 0 Å². The number of likely N-dealkylation sites (tertiary alicyclic amines) is 1. The molecule has 1 saturated carbocycles. The number of carbonyl (C=O) groups is 1. The van der Waals surface area contributed by atoms with Crippen molar-refractivity contribution in [2.45, 2.75) is 48.2 Å². The summed E-state index contributed by atoms with van der Waals surface area (Å²) in [7, 11) is 3.32. The summed E-state index contributed by atoms with van der Waals surface area (Å²) in [6, 6.07) is 10.7. The van der Waals surface area contributed by atoms with Crippen molar-refractivity contribution in [1.82, 2.24) is 10.2 Å². The maximum Gasteiger partial charge on any atom is 0.308 e. The summed E-state index contributed by atoms with van der Waals surface area (Å²) in [5.74, 6) is 0.902. The first kappa shape index (κ1) is 20.1. The minimum atomic E-state index is -0.0817. The average molecular weight is 390 g/mol. The molecule has 1 saturated heterocycles. The number of ether oxygens (including phenoxy) is 1. The third-order valence-corrected chi connectivity index (χ3v) is 7.20. The molecule has 1 aliphatic heterocycles. The largest absolute Gasteiger partial charge is 0.469 e. The molecule has 2 aliphatic rings. The van der Waals surface area contributed by atoms with Crippen LogP contribution in [0.25, 0.3) is 0 Å². The lowest BCUT2D eigenvalue weighted by molar-refractivity contribution is -0.146. The second kappa shape index (κ2) is 9.49. The standard InChI is InChI=1S/C21H31N3O2S/c1-22-20(24-14-10-17(11-15-24)19(25)26-2)23-16-21(12-6-7-13-21)27-18-8-4-3-5-9-18/h3-5,8-9,17H,6-7,10-16H2,1-2H3,(H,22,23). The summed E-state index contributed by atoms with van der Waals surface area (Å²) in [5.41, 5.74) is 0. The molecule has 5 nitrogen and oxygen atoms in total. The van der Waals surface area contributed by atoms with Gasteiger partial charge in [-0.05, 0) is 37.8 Å². The highest BCUT2D eigenvalue weighted by molar-refractivity contribution is 8.00. The van der Waals surface area contributed by atoms with Gasteiger partial charge in [0, 0.05) is 36.3 Å². The van der Waals surface area contributed by atoms with Crippen molar-refractivity contribution >= 4 is 23.7 Å². The molecule has 1 N–H and O–H groups in total. The van der Waals surface area contributed by atoms with Gasteiger partial charge in [0.05, 0.1) is 13.0 Å². The van der Waals surface area contributed by atoms with Crippen molar-refractivity contribution < 1.29 is 9.53 Å². The van der Waals surface area contributed by atoms with Gasteiger partial charge >= 0.3 is 5.97 Å². The van der Waals surface area contributed by atoms with Gasteiger partial charge in [0.2, 0.25) is 0 Å². The zero-order chi connectivity index (χ0) is 19.1. The van der Waals surface area contributed by atoms with E-state index in [-0.39, 0.29) is 16.6 Å². The molecule has 0 unspecified atom stereocenters. The number of carbonyl (C=O) groups excluding carboxylic acids is 1. The molecule has 1 aromatic carbocycles. The third kappa shape index (κ3) is 5.18. The van der Waals surface area contributed by atoms with Crippen molar-refractivity contribution in [1.29, 1.82) is 0 Å². The highest BCUT2D eigenvalue weighted by Gasteiger charge is 2.36. The summed E-state index contributed by atoms with van der Waals surface area (Å²) in [4.78, 5) is 19.9. The number of piperidine rings is 1. The van der Waals surface area contributed by atoms with Gasteiger partial charge in [0.15, 0.2) is 5.96 Å². The molecule has 1 aliphatic carbocycles. The molecular weight excluding hydrogens is 358 g/mol. The molecule has 0 atom stereocenters. The molecule has 0 bridgehead atoms. The quantitative estimate of drug-likeness (QED) is 0.474. The normalized spacial score (nSPS) is 20.5. The lowest BCUT2D eigenvalue weighted by Gasteiger charge is -2.35. The van der Waals surface area contributed by atoms with Crippen LogP contribution < -0.4 is 5.32 Å². The minimum absolute atomic E-state index is 0.0270. The molecule has 148 valence electrons. The monoisotopic (exact) mass is 389 g/mol. The van der Waals surface area contributed by atoms with Crippen LogP contribution in [-0.2, 0) is 9.53 Å². The highest BCUT2D eigenvalue weighted by atomic mass is 32.2. The number of hydrogen-bond donors (Lipinski definition) is 1. The Kier molecular flexibility index (Phi) is 7.05. The maximum atomic E-state index is 11.7. The summed E-state index contributed by atoms with van der Waals surface area (Å²) in [6.07, 6.45) is 6.73. The number of thioether (sulfide) groups is 1. The van der Waals surface area contributed by atoms with Crippen molar-refractivity contribution in [2.24, 2.45) is 10.9 Å². The summed E-state index contributed by atoms with van der Waals surface area (Å²) >= 11 is 2.01. The van der Waals surface area contributed by atoms with Gasteiger partial charge in [0.1, 0.15) is 0 Å². The third-order valence-electron chi connectivity index (χ3n) is 5.70. The van der Waals surface area contributed by atoms with Gasteiger partial charge in [-0.1, -0.05) is 31.0 Å². The second-order valence-corrected chi connectivity index (χ2v) is 9.03. The molecule has 1 aromatic rings. The number of methoxy groups -OCH3 is 1. The molecule has 6 heteroatoms. The summed E-state index contributed by atoms with van der Waals surface area (Å²) < 4.78 is 5.13. The Morgan fingerprint density at radius 1 is 1.26 bits per heavy atom. The first-order chi connectivity index (χ1) is 13.2. The Balaban J connectivity index is 1.57. The SMILES string of the molecule is CN=C(NCC1(Sc2ccccc2)CCCC1)N1CCC(C(=O)OC)CC1. The number of benzene rings is 1. The lowest BCUT2D eigenvalue weighted by Crippen LogP contribution is -2.49. The molecule has 0 amide bonds. The Morgan fingerprint density at radius 3 is 2.52 bits per heavy atom. The molecule has 0 spiro atoms. The number of guanidine groups is 1. The second-order valence-electron chi connectivity index (χ2n) is 7.49. The predicted molar refractivity (Wildman–Crippen MR) is 111 cm³/mol. The van der Waals surface area contributed by atoms with E-state index in [1.807, 2.05) is 18.8 Å². The molecule has 27 heavy (non-hydrogen) atoms. The number of nitrogens with zero attached hydrogens (tertiary/aromatic N) is 2. The van der Waals surface area contributed by atoms with Crippen molar-refractivity contribution in [3.8, 4) is 0 Å². The fourth-order valence-electron chi connectivity index (χ4n) is 4.14. The number of aliphatic imine (C=N–C) groups is 1. The van der Waals surface area contributed by atoms with Gasteiger partial charge in [-0.15, -0.1) is 11.8 Å². The first-order valence-electron chi connectivity index (χ1n) is 9.93. The maximum absolute atomic E-state index is 11.7. The fourth-order valence-corrected chi connectivity index (χ4v) is 5.57. The van der Waals surface area contributed by atoms with E-state index in [1.54, 1.807) is 0 Å². The highest BCUT2D eigenvalue weighted by Crippen LogP contribution is 2.44. The zero-order valence-electron chi connectivity index (χ0n) is 16.4. The first-order valence-corrected chi connectivity index (χ1v) is 10.7.